The summed E-state index contributed by atoms with van der Waals surface area (Å²) in [6.07, 6.45) is 3.63. The lowest BCUT2D eigenvalue weighted by molar-refractivity contribution is -0.136. The van der Waals surface area contributed by atoms with Crippen LogP contribution >= 0.6 is 0 Å². The van der Waals surface area contributed by atoms with E-state index in [4.69, 9.17) is 0 Å². The molecule has 2 aliphatic rings. The van der Waals surface area contributed by atoms with Gasteiger partial charge in [0.15, 0.2) is 0 Å². The van der Waals surface area contributed by atoms with Gasteiger partial charge in [0.1, 0.15) is 0 Å². The van der Waals surface area contributed by atoms with E-state index in [9.17, 15) is 14.4 Å². The van der Waals surface area contributed by atoms with Gasteiger partial charge in [0.25, 0.3) is 0 Å². The minimum Gasteiger partial charge on any atom is -0.345 e. The third-order valence-electron chi connectivity index (χ3n) is 4.33. The van der Waals surface area contributed by atoms with E-state index in [1.54, 1.807) is 6.07 Å². The number of carbonyl (C=O) groups is 3. The number of carbonyl (C=O) groups excluding carboxylic acids is 3. The summed E-state index contributed by atoms with van der Waals surface area (Å²) in [5.74, 6) is -1.18. The summed E-state index contributed by atoms with van der Waals surface area (Å²) in [5, 5.41) is 5.30. The van der Waals surface area contributed by atoms with Gasteiger partial charge in [0.05, 0.1) is 0 Å². The Morgan fingerprint density at radius 1 is 1.17 bits per heavy atom. The highest BCUT2D eigenvalue weighted by atomic mass is 16.2. The van der Waals surface area contributed by atoms with Crippen LogP contribution in [0.25, 0.3) is 0 Å². The molecule has 0 unspecified atom stereocenters. The third kappa shape index (κ3) is 3.58. The first-order valence-corrected chi connectivity index (χ1v) is 8.52. The Kier molecular flexibility index (Phi) is 4.55. The molecular formula is C18H23N3O3. The van der Waals surface area contributed by atoms with E-state index >= 15 is 0 Å². The molecular weight excluding hydrogens is 306 g/mol. The number of rotatable bonds is 3. The fourth-order valence-corrected chi connectivity index (χ4v) is 2.88. The van der Waals surface area contributed by atoms with Crippen LogP contribution in [0.4, 0.5) is 11.4 Å². The molecule has 1 aromatic carbocycles. The van der Waals surface area contributed by atoms with E-state index in [1.165, 1.54) is 0 Å². The van der Waals surface area contributed by atoms with Crippen molar-refractivity contribution in [2.75, 3.05) is 16.8 Å². The second-order valence-electron chi connectivity index (χ2n) is 6.79. The van der Waals surface area contributed by atoms with Gasteiger partial charge in [0.2, 0.25) is 5.91 Å². The van der Waals surface area contributed by atoms with Crippen LogP contribution < -0.4 is 15.5 Å². The first kappa shape index (κ1) is 16.5. The Morgan fingerprint density at radius 3 is 2.58 bits per heavy atom. The Hall–Kier alpha value is -2.37. The first-order valence-electron chi connectivity index (χ1n) is 8.52. The molecule has 1 fully saturated rings. The van der Waals surface area contributed by atoms with Crippen LogP contribution in [-0.4, -0.2) is 30.3 Å². The molecule has 24 heavy (non-hydrogen) atoms. The highest BCUT2D eigenvalue weighted by Gasteiger charge is 2.27. The number of anilines is 2. The van der Waals surface area contributed by atoms with E-state index in [0.717, 1.165) is 43.5 Å². The summed E-state index contributed by atoms with van der Waals surface area (Å²) in [6.45, 7) is 4.51. The van der Waals surface area contributed by atoms with Crippen molar-refractivity contribution >= 4 is 29.1 Å². The van der Waals surface area contributed by atoms with Gasteiger partial charge in [-0.25, -0.2) is 0 Å². The van der Waals surface area contributed by atoms with Crippen molar-refractivity contribution in [1.29, 1.82) is 0 Å². The molecule has 1 aromatic rings. The molecule has 0 bridgehead atoms. The van der Waals surface area contributed by atoms with E-state index in [1.807, 2.05) is 30.9 Å². The van der Waals surface area contributed by atoms with Crippen molar-refractivity contribution in [3.05, 3.63) is 23.8 Å². The second kappa shape index (κ2) is 6.63. The van der Waals surface area contributed by atoms with E-state index < -0.39 is 11.8 Å². The van der Waals surface area contributed by atoms with E-state index in [0.29, 0.717) is 5.69 Å². The number of hydrogen-bond acceptors (Lipinski definition) is 3. The number of nitrogens with zero attached hydrogens (tertiary/aromatic N) is 1. The lowest BCUT2D eigenvalue weighted by Gasteiger charge is -2.31. The molecule has 0 radical (unpaired) electrons. The van der Waals surface area contributed by atoms with Crippen molar-refractivity contribution in [3.8, 4) is 0 Å². The number of fused-ring (bicyclic) bond motifs is 1. The minimum atomic E-state index is -0.646. The van der Waals surface area contributed by atoms with Crippen LogP contribution in [0, 0.1) is 5.92 Å². The van der Waals surface area contributed by atoms with Gasteiger partial charge in [-0.15, -0.1) is 0 Å². The van der Waals surface area contributed by atoms with Gasteiger partial charge in [-0.1, -0.05) is 13.8 Å². The summed E-state index contributed by atoms with van der Waals surface area (Å²) < 4.78 is 0. The number of benzene rings is 1. The molecule has 6 nitrogen and oxygen atoms in total. The van der Waals surface area contributed by atoms with Crippen molar-refractivity contribution in [3.63, 3.8) is 0 Å². The fourth-order valence-electron chi connectivity index (χ4n) is 2.88. The van der Waals surface area contributed by atoms with Crippen molar-refractivity contribution in [1.82, 2.24) is 5.32 Å². The zero-order valence-electron chi connectivity index (χ0n) is 14.1. The molecule has 2 N–H and O–H groups in total. The molecule has 0 saturated heterocycles. The van der Waals surface area contributed by atoms with Crippen molar-refractivity contribution in [2.45, 2.75) is 45.6 Å². The largest absolute Gasteiger partial charge is 0.345 e. The number of aryl methyl sites for hydroxylation is 1. The Labute approximate surface area is 141 Å². The smallest absolute Gasteiger partial charge is 0.313 e. The standard InChI is InChI=1S/C18H23N3O3/c1-11(2)18(24)21-9-3-4-12-10-14(7-8-15(12)21)20-17(23)16(22)19-13-5-6-13/h7-8,10-11,13H,3-6,9H2,1-2H3,(H,19,22)(H,20,23). The summed E-state index contributed by atoms with van der Waals surface area (Å²) in [6, 6.07) is 5.61. The van der Waals surface area contributed by atoms with E-state index in [-0.39, 0.29) is 17.9 Å². The Balaban J connectivity index is 1.72. The lowest BCUT2D eigenvalue weighted by Crippen LogP contribution is -2.38. The molecule has 0 spiro atoms. The molecule has 1 aliphatic heterocycles. The topological polar surface area (TPSA) is 78.5 Å². The predicted molar refractivity (Wildman–Crippen MR) is 91.7 cm³/mol. The quantitative estimate of drug-likeness (QED) is 0.831. The highest BCUT2D eigenvalue weighted by molar-refractivity contribution is 6.39. The van der Waals surface area contributed by atoms with Crippen LogP contribution in [0.3, 0.4) is 0 Å². The van der Waals surface area contributed by atoms with Crippen LogP contribution in [0.1, 0.15) is 38.7 Å². The van der Waals surface area contributed by atoms with Gasteiger partial charge in [-0.2, -0.15) is 0 Å². The predicted octanol–water partition coefficient (Wildman–Crippen LogP) is 1.84. The van der Waals surface area contributed by atoms with Gasteiger partial charge in [-0.3, -0.25) is 14.4 Å². The molecule has 1 heterocycles. The van der Waals surface area contributed by atoms with Crippen LogP contribution in [0.2, 0.25) is 0 Å². The summed E-state index contributed by atoms with van der Waals surface area (Å²) in [5.41, 5.74) is 2.51. The van der Waals surface area contributed by atoms with Crippen molar-refractivity contribution in [2.24, 2.45) is 5.92 Å². The molecule has 1 aliphatic carbocycles. The van der Waals surface area contributed by atoms with E-state index in [2.05, 4.69) is 10.6 Å². The summed E-state index contributed by atoms with van der Waals surface area (Å²) in [4.78, 5) is 37.8. The molecule has 6 heteroatoms. The number of nitrogens with one attached hydrogen (secondary N) is 2. The van der Waals surface area contributed by atoms with Crippen LogP contribution in [0.5, 0.6) is 0 Å². The van der Waals surface area contributed by atoms with Crippen LogP contribution in [0.15, 0.2) is 18.2 Å². The molecule has 128 valence electrons. The number of amides is 3. The lowest BCUT2D eigenvalue weighted by atomic mass is 9.99. The summed E-state index contributed by atoms with van der Waals surface area (Å²) >= 11 is 0. The maximum absolute atomic E-state index is 12.3. The molecule has 0 atom stereocenters. The fraction of sp³-hybridized carbons (Fsp3) is 0.500. The monoisotopic (exact) mass is 329 g/mol. The maximum atomic E-state index is 12.3. The second-order valence-corrected chi connectivity index (χ2v) is 6.79. The highest BCUT2D eigenvalue weighted by Crippen LogP contribution is 2.30. The van der Waals surface area contributed by atoms with Crippen molar-refractivity contribution < 1.29 is 14.4 Å². The average Bonchev–Trinajstić information content (AvgIpc) is 3.37. The first-order chi connectivity index (χ1) is 11.5. The Bertz CT molecular complexity index is 680. The summed E-state index contributed by atoms with van der Waals surface area (Å²) in [7, 11) is 0. The van der Waals surface area contributed by atoms with Gasteiger partial charge in [-0.05, 0) is 49.4 Å². The minimum absolute atomic E-state index is 0.0542. The normalized spacial score (nSPS) is 16.5. The van der Waals surface area contributed by atoms with Gasteiger partial charge < -0.3 is 15.5 Å². The molecule has 3 rings (SSSR count). The Morgan fingerprint density at radius 2 is 1.92 bits per heavy atom. The molecule has 3 amide bonds. The molecule has 1 saturated carbocycles. The van der Waals surface area contributed by atoms with Gasteiger partial charge in [0, 0.05) is 29.9 Å². The van der Waals surface area contributed by atoms with Gasteiger partial charge >= 0.3 is 11.8 Å². The zero-order valence-corrected chi connectivity index (χ0v) is 14.1. The maximum Gasteiger partial charge on any atom is 0.313 e. The average molecular weight is 329 g/mol. The van der Waals surface area contributed by atoms with Crippen LogP contribution in [-0.2, 0) is 20.8 Å². The molecule has 0 aromatic heterocycles. The SMILES string of the molecule is CC(C)C(=O)N1CCCc2cc(NC(=O)C(=O)NC3CC3)ccc21. The zero-order chi connectivity index (χ0) is 17.3. The number of hydrogen-bond donors (Lipinski definition) is 2. The third-order valence-corrected chi connectivity index (χ3v) is 4.33.